The summed E-state index contributed by atoms with van der Waals surface area (Å²) in [6.45, 7) is 6.82. The van der Waals surface area contributed by atoms with Gasteiger partial charge >= 0.3 is 5.56 Å². The molecule has 0 bridgehead atoms. The third-order valence-corrected chi connectivity index (χ3v) is 5.35. The fourth-order valence-corrected chi connectivity index (χ4v) is 3.50. The first-order valence-electron chi connectivity index (χ1n) is 10.4. The zero-order chi connectivity index (χ0) is 21.8. The molecule has 1 fully saturated rings. The number of ether oxygens (including phenoxy) is 3. The molecule has 162 valence electrons. The first kappa shape index (κ1) is 20.9. The molecule has 0 saturated carbocycles. The Hall–Kier alpha value is -3.32. The SMILES string of the molecule is COc1ccc(Oc2c(N3CCOCC3)cnn(-c3ccc(C(C)C)cc3)c2=O)cc1. The van der Waals surface area contributed by atoms with Crippen LogP contribution in [0, 0.1) is 0 Å². The number of anilines is 1. The predicted molar refractivity (Wildman–Crippen MR) is 120 cm³/mol. The van der Waals surface area contributed by atoms with Gasteiger partial charge in [-0.1, -0.05) is 26.0 Å². The van der Waals surface area contributed by atoms with Crippen molar-refractivity contribution in [2.24, 2.45) is 0 Å². The highest BCUT2D eigenvalue weighted by atomic mass is 16.5. The van der Waals surface area contributed by atoms with Crippen molar-refractivity contribution >= 4 is 5.69 Å². The van der Waals surface area contributed by atoms with Gasteiger partial charge in [0.1, 0.15) is 17.2 Å². The third-order valence-electron chi connectivity index (χ3n) is 5.35. The molecule has 2 heterocycles. The van der Waals surface area contributed by atoms with Crippen LogP contribution in [0.2, 0.25) is 0 Å². The Labute approximate surface area is 181 Å². The number of morpholine rings is 1. The Morgan fingerprint density at radius 3 is 2.23 bits per heavy atom. The van der Waals surface area contributed by atoms with Gasteiger partial charge in [0.15, 0.2) is 0 Å². The van der Waals surface area contributed by atoms with E-state index < -0.39 is 0 Å². The van der Waals surface area contributed by atoms with Gasteiger partial charge in [0.2, 0.25) is 5.75 Å². The molecule has 1 aromatic heterocycles. The molecule has 2 aromatic carbocycles. The molecule has 3 aromatic rings. The summed E-state index contributed by atoms with van der Waals surface area (Å²) in [4.78, 5) is 15.5. The molecule has 1 aliphatic rings. The maximum absolute atomic E-state index is 13.5. The second-order valence-electron chi connectivity index (χ2n) is 7.70. The van der Waals surface area contributed by atoms with Crippen LogP contribution >= 0.6 is 0 Å². The molecule has 1 saturated heterocycles. The van der Waals surface area contributed by atoms with Crippen molar-refractivity contribution in [3.63, 3.8) is 0 Å². The van der Waals surface area contributed by atoms with Gasteiger partial charge in [0.05, 0.1) is 32.2 Å². The Bertz CT molecular complexity index is 1070. The predicted octanol–water partition coefficient (Wildman–Crippen LogP) is 3.99. The van der Waals surface area contributed by atoms with E-state index in [1.54, 1.807) is 37.6 Å². The lowest BCUT2D eigenvalue weighted by Gasteiger charge is -2.29. The van der Waals surface area contributed by atoms with Crippen molar-refractivity contribution in [1.29, 1.82) is 0 Å². The molecule has 0 aliphatic carbocycles. The van der Waals surface area contributed by atoms with Crippen LogP contribution < -0.4 is 19.9 Å². The fraction of sp³-hybridized carbons (Fsp3) is 0.333. The third kappa shape index (κ3) is 4.56. The summed E-state index contributed by atoms with van der Waals surface area (Å²) in [5, 5.41) is 4.45. The van der Waals surface area contributed by atoms with Crippen LogP contribution in [0.15, 0.2) is 59.5 Å². The van der Waals surface area contributed by atoms with Crippen LogP contribution in [0.4, 0.5) is 5.69 Å². The zero-order valence-corrected chi connectivity index (χ0v) is 18.1. The van der Waals surface area contributed by atoms with Gasteiger partial charge in [-0.3, -0.25) is 4.79 Å². The van der Waals surface area contributed by atoms with Crippen molar-refractivity contribution in [1.82, 2.24) is 9.78 Å². The van der Waals surface area contributed by atoms with E-state index in [1.807, 2.05) is 24.3 Å². The standard InChI is InChI=1S/C24H27N3O4/c1-17(2)18-4-6-19(7-5-18)27-24(28)23(31-21-10-8-20(29-3)9-11-21)22(16-25-27)26-12-14-30-15-13-26/h4-11,16-17H,12-15H2,1-3H3. The first-order chi connectivity index (χ1) is 15.1. The quantitative estimate of drug-likeness (QED) is 0.600. The smallest absolute Gasteiger partial charge is 0.316 e. The van der Waals surface area contributed by atoms with E-state index in [0.717, 1.165) is 5.75 Å². The molecule has 0 unspecified atom stereocenters. The van der Waals surface area contributed by atoms with E-state index in [4.69, 9.17) is 14.2 Å². The Morgan fingerprint density at radius 1 is 0.968 bits per heavy atom. The number of hydrogen-bond acceptors (Lipinski definition) is 6. The number of nitrogens with zero attached hydrogens (tertiary/aromatic N) is 3. The highest BCUT2D eigenvalue weighted by Gasteiger charge is 2.22. The normalized spacial score (nSPS) is 14.0. The minimum absolute atomic E-state index is 0.245. The molecule has 0 atom stereocenters. The number of benzene rings is 2. The summed E-state index contributed by atoms with van der Waals surface area (Å²) < 4.78 is 18.2. The van der Waals surface area contributed by atoms with E-state index in [1.165, 1.54) is 10.2 Å². The minimum Gasteiger partial charge on any atom is -0.497 e. The van der Waals surface area contributed by atoms with E-state index in [2.05, 4.69) is 23.8 Å². The van der Waals surface area contributed by atoms with Crippen molar-refractivity contribution in [2.45, 2.75) is 19.8 Å². The van der Waals surface area contributed by atoms with Crippen LogP contribution in [-0.2, 0) is 4.74 Å². The van der Waals surface area contributed by atoms with E-state index in [0.29, 0.717) is 49.3 Å². The van der Waals surface area contributed by atoms with Gasteiger partial charge in [-0.05, 0) is 47.9 Å². The molecule has 7 nitrogen and oxygen atoms in total. The zero-order valence-electron chi connectivity index (χ0n) is 18.1. The van der Waals surface area contributed by atoms with Crippen LogP contribution in [0.5, 0.6) is 17.2 Å². The Kier molecular flexibility index (Phi) is 6.23. The first-order valence-corrected chi connectivity index (χ1v) is 10.4. The topological polar surface area (TPSA) is 65.8 Å². The average Bonchev–Trinajstić information content (AvgIpc) is 2.81. The van der Waals surface area contributed by atoms with Crippen LogP contribution in [0.1, 0.15) is 25.3 Å². The summed E-state index contributed by atoms with van der Waals surface area (Å²) in [5.41, 5.74) is 2.26. The van der Waals surface area contributed by atoms with Crippen molar-refractivity contribution < 1.29 is 14.2 Å². The van der Waals surface area contributed by atoms with Crippen LogP contribution in [0.25, 0.3) is 5.69 Å². The lowest BCUT2D eigenvalue weighted by Crippen LogP contribution is -2.38. The second kappa shape index (κ2) is 9.22. The molecule has 31 heavy (non-hydrogen) atoms. The highest BCUT2D eigenvalue weighted by Crippen LogP contribution is 2.30. The van der Waals surface area contributed by atoms with Crippen molar-refractivity contribution in [3.8, 4) is 22.9 Å². The molecule has 4 rings (SSSR count). The summed E-state index contributed by atoms with van der Waals surface area (Å²) in [6, 6.07) is 15.0. The summed E-state index contributed by atoms with van der Waals surface area (Å²) in [5.74, 6) is 1.94. The molecular formula is C24H27N3O4. The lowest BCUT2D eigenvalue weighted by atomic mass is 10.0. The Morgan fingerprint density at radius 2 is 1.61 bits per heavy atom. The highest BCUT2D eigenvalue weighted by molar-refractivity contribution is 5.58. The van der Waals surface area contributed by atoms with E-state index in [9.17, 15) is 4.79 Å². The van der Waals surface area contributed by atoms with Gasteiger partial charge in [-0.25, -0.2) is 0 Å². The molecular weight excluding hydrogens is 394 g/mol. The van der Waals surface area contributed by atoms with Crippen LogP contribution in [0.3, 0.4) is 0 Å². The van der Waals surface area contributed by atoms with Gasteiger partial charge in [-0.2, -0.15) is 9.78 Å². The molecule has 0 amide bonds. The molecule has 0 spiro atoms. The summed E-state index contributed by atoms with van der Waals surface area (Å²) in [6.07, 6.45) is 1.70. The van der Waals surface area contributed by atoms with Crippen molar-refractivity contribution in [2.75, 3.05) is 38.3 Å². The number of rotatable bonds is 6. The monoisotopic (exact) mass is 421 g/mol. The fourth-order valence-electron chi connectivity index (χ4n) is 3.50. The van der Waals surface area contributed by atoms with E-state index >= 15 is 0 Å². The van der Waals surface area contributed by atoms with Crippen molar-refractivity contribution in [3.05, 3.63) is 70.6 Å². The molecule has 1 aliphatic heterocycles. The molecule has 0 radical (unpaired) electrons. The minimum atomic E-state index is -0.308. The molecule has 7 heteroatoms. The second-order valence-corrected chi connectivity index (χ2v) is 7.70. The maximum atomic E-state index is 13.5. The molecule has 0 N–H and O–H groups in total. The number of hydrogen-bond donors (Lipinski definition) is 0. The Balaban J connectivity index is 1.75. The van der Waals surface area contributed by atoms with E-state index in [-0.39, 0.29) is 11.3 Å². The lowest BCUT2D eigenvalue weighted by molar-refractivity contribution is 0.122. The van der Waals surface area contributed by atoms with Crippen LogP contribution in [-0.4, -0.2) is 43.2 Å². The summed E-state index contributed by atoms with van der Waals surface area (Å²) in [7, 11) is 1.61. The number of methoxy groups -OCH3 is 1. The largest absolute Gasteiger partial charge is 0.497 e. The number of aromatic nitrogens is 2. The van der Waals surface area contributed by atoms with Gasteiger partial charge in [-0.15, -0.1) is 0 Å². The van der Waals surface area contributed by atoms with Gasteiger partial charge < -0.3 is 19.1 Å². The van der Waals surface area contributed by atoms with Gasteiger partial charge in [0, 0.05) is 13.1 Å². The maximum Gasteiger partial charge on any atom is 0.316 e. The summed E-state index contributed by atoms with van der Waals surface area (Å²) >= 11 is 0. The average molecular weight is 421 g/mol. The van der Waals surface area contributed by atoms with Gasteiger partial charge in [0.25, 0.3) is 0 Å².